The highest BCUT2D eigenvalue weighted by Gasteiger charge is 2.26. The summed E-state index contributed by atoms with van der Waals surface area (Å²) in [6, 6.07) is 9.10. The summed E-state index contributed by atoms with van der Waals surface area (Å²) in [5, 5.41) is 13.3. The maximum atomic E-state index is 9.71. The van der Waals surface area contributed by atoms with Crippen molar-refractivity contribution in [2.45, 2.75) is 45.8 Å². The van der Waals surface area contributed by atoms with E-state index in [1.807, 2.05) is 6.92 Å². The number of nitrogens with zero attached hydrogens (tertiary/aromatic N) is 1. The predicted molar refractivity (Wildman–Crippen MR) is 88.4 cm³/mol. The number of aliphatic hydroxyl groups excluding tert-OH is 1. The third kappa shape index (κ3) is 4.53. The van der Waals surface area contributed by atoms with Crippen molar-refractivity contribution in [3.05, 3.63) is 35.4 Å². The Bertz CT molecular complexity index is 433. The Kier molecular flexibility index (Phi) is 6.22. The number of rotatable bonds is 7. The van der Waals surface area contributed by atoms with E-state index in [-0.39, 0.29) is 6.10 Å². The van der Waals surface area contributed by atoms with Gasteiger partial charge in [0.25, 0.3) is 0 Å². The molecule has 0 aliphatic carbocycles. The van der Waals surface area contributed by atoms with Crippen LogP contribution in [-0.2, 0) is 0 Å². The Morgan fingerprint density at radius 1 is 1.38 bits per heavy atom. The molecule has 2 rings (SSSR count). The highest BCUT2D eigenvalue weighted by Crippen LogP contribution is 2.24. The van der Waals surface area contributed by atoms with Crippen LogP contribution in [0.15, 0.2) is 24.3 Å². The van der Waals surface area contributed by atoms with E-state index in [1.54, 1.807) is 0 Å². The van der Waals surface area contributed by atoms with Crippen molar-refractivity contribution < 1.29 is 5.11 Å². The molecular formula is C18H30N2O. The molecule has 3 nitrogen and oxygen atoms in total. The third-order valence-electron chi connectivity index (χ3n) is 4.74. The first-order valence-corrected chi connectivity index (χ1v) is 8.31. The van der Waals surface area contributed by atoms with Crippen LogP contribution in [0.3, 0.4) is 0 Å². The number of hydrogen-bond acceptors (Lipinski definition) is 3. The molecule has 0 saturated carbocycles. The van der Waals surface area contributed by atoms with Gasteiger partial charge in [-0.15, -0.1) is 0 Å². The first-order chi connectivity index (χ1) is 10.1. The van der Waals surface area contributed by atoms with Crippen LogP contribution in [0.1, 0.15) is 43.9 Å². The first-order valence-electron chi connectivity index (χ1n) is 8.31. The molecule has 1 aliphatic heterocycles. The van der Waals surface area contributed by atoms with Gasteiger partial charge in [0, 0.05) is 12.6 Å². The molecule has 2 N–H and O–H groups in total. The fourth-order valence-corrected chi connectivity index (χ4v) is 3.36. The lowest BCUT2D eigenvalue weighted by Crippen LogP contribution is -2.29. The molecule has 118 valence electrons. The van der Waals surface area contributed by atoms with Crippen molar-refractivity contribution in [1.29, 1.82) is 0 Å². The van der Waals surface area contributed by atoms with Gasteiger partial charge in [0.2, 0.25) is 0 Å². The van der Waals surface area contributed by atoms with Gasteiger partial charge in [-0.1, -0.05) is 31.2 Å². The molecule has 0 radical (unpaired) electrons. The van der Waals surface area contributed by atoms with Crippen molar-refractivity contribution in [1.82, 2.24) is 10.2 Å². The van der Waals surface area contributed by atoms with E-state index in [9.17, 15) is 5.11 Å². The Hall–Kier alpha value is -0.900. The number of nitrogens with one attached hydrogen (secondary N) is 1. The summed E-state index contributed by atoms with van der Waals surface area (Å²) in [4.78, 5) is 2.50. The summed E-state index contributed by atoms with van der Waals surface area (Å²) in [5.74, 6) is 0.459. The highest BCUT2D eigenvalue weighted by molar-refractivity contribution is 5.28. The summed E-state index contributed by atoms with van der Waals surface area (Å²) >= 11 is 0. The molecule has 0 spiro atoms. The monoisotopic (exact) mass is 290 g/mol. The second kappa shape index (κ2) is 7.92. The molecular weight excluding hydrogens is 260 g/mol. The summed E-state index contributed by atoms with van der Waals surface area (Å²) in [6.07, 6.45) is 2.09. The van der Waals surface area contributed by atoms with Gasteiger partial charge >= 0.3 is 0 Å². The van der Waals surface area contributed by atoms with Crippen molar-refractivity contribution in [3.63, 3.8) is 0 Å². The highest BCUT2D eigenvalue weighted by atomic mass is 16.3. The van der Waals surface area contributed by atoms with Gasteiger partial charge in [0.1, 0.15) is 0 Å². The summed E-state index contributed by atoms with van der Waals surface area (Å²) in [7, 11) is 0. The Balaban J connectivity index is 1.91. The van der Waals surface area contributed by atoms with Crippen LogP contribution in [0.2, 0.25) is 0 Å². The van der Waals surface area contributed by atoms with Crippen molar-refractivity contribution in [2.75, 3.05) is 26.2 Å². The lowest BCUT2D eigenvalue weighted by molar-refractivity contribution is 0.127. The van der Waals surface area contributed by atoms with Crippen LogP contribution in [0.25, 0.3) is 0 Å². The Morgan fingerprint density at radius 2 is 2.14 bits per heavy atom. The van der Waals surface area contributed by atoms with E-state index in [0.29, 0.717) is 12.0 Å². The quantitative estimate of drug-likeness (QED) is 0.810. The molecule has 1 heterocycles. The van der Waals surface area contributed by atoms with Gasteiger partial charge < -0.3 is 15.3 Å². The van der Waals surface area contributed by atoms with Crippen molar-refractivity contribution >= 4 is 0 Å². The van der Waals surface area contributed by atoms with Gasteiger partial charge in [0.05, 0.1) is 6.10 Å². The van der Waals surface area contributed by atoms with Crippen molar-refractivity contribution in [2.24, 2.45) is 5.92 Å². The van der Waals surface area contributed by atoms with Crippen LogP contribution in [-0.4, -0.2) is 42.3 Å². The average Bonchev–Trinajstić information content (AvgIpc) is 2.93. The van der Waals surface area contributed by atoms with Crippen LogP contribution in [0, 0.1) is 12.8 Å². The maximum absolute atomic E-state index is 9.71. The summed E-state index contributed by atoms with van der Waals surface area (Å²) in [6.45, 7) is 10.6. The van der Waals surface area contributed by atoms with Crippen LogP contribution in [0.5, 0.6) is 0 Å². The second-order valence-corrected chi connectivity index (χ2v) is 6.35. The minimum atomic E-state index is -0.170. The molecule has 0 amide bonds. The number of benzene rings is 1. The van der Waals surface area contributed by atoms with E-state index in [1.165, 1.54) is 11.1 Å². The van der Waals surface area contributed by atoms with Gasteiger partial charge in [-0.3, -0.25) is 0 Å². The molecule has 3 heteroatoms. The van der Waals surface area contributed by atoms with E-state index in [2.05, 4.69) is 48.3 Å². The predicted octanol–water partition coefficient (Wildman–Crippen LogP) is 2.74. The lowest BCUT2D eigenvalue weighted by Gasteiger charge is -2.24. The fourth-order valence-electron chi connectivity index (χ4n) is 3.36. The number of hydrogen-bond donors (Lipinski definition) is 2. The minimum absolute atomic E-state index is 0.170. The number of likely N-dealkylation sites (tertiary alicyclic amines) is 1. The van der Waals surface area contributed by atoms with Gasteiger partial charge in [0.15, 0.2) is 0 Å². The first kappa shape index (κ1) is 16.5. The Labute approximate surface area is 129 Å². The van der Waals surface area contributed by atoms with E-state index in [0.717, 1.165) is 39.0 Å². The number of aliphatic hydroxyl groups is 1. The molecule has 3 atom stereocenters. The normalized spacial score (nSPS) is 22.4. The van der Waals surface area contributed by atoms with Crippen LogP contribution in [0.4, 0.5) is 0 Å². The zero-order chi connectivity index (χ0) is 15.2. The SMILES string of the molecule is CCNC(CCN1CCC(C(C)O)C1)c1ccccc1C. The Morgan fingerprint density at radius 3 is 2.76 bits per heavy atom. The van der Waals surface area contributed by atoms with E-state index >= 15 is 0 Å². The number of aryl methyl sites for hydroxylation is 1. The maximum Gasteiger partial charge on any atom is 0.0552 e. The minimum Gasteiger partial charge on any atom is -0.393 e. The average molecular weight is 290 g/mol. The molecule has 1 aliphatic rings. The third-order valence-corrected chi connectivity index (χ3v) is 4.74. The van der Waals surface area contributed by atoms with Gasteiger partial charge in [-0.25, -0.2) is 0 Å². The molecule has 1 aromatic carbocycles. The van der Waals surface area contributed by atoms with E-state index in [4.69, 9.17) is 0 Å². The smallest absolute Gasteiger partial charge is 0.0552 e. The zero-order valence-corrected chi connectivity index (χ0v) is 13.7. The molecule has 0 bridgehead atoms. The topological polar surface area (TPSA) is 35.5 Å². The molecule has 21 heavy (non-hydrogen) atoms. The second-order valence-electron chi connectivity index (χ2n) is 6.35. The van der Waals surface area contributed by atoms with Crippen LogP contribution < -0.4 is 5.32 Å². The lowest BCUT2D eigenvalue weighted by atomic mass is 9.98. The molecule has 3 unspecified atom stereocenters. The van der Waals surface area contributed by atoms with Gasteiger partial charge in [-0.05, 0) is 63.4 Å². The summed E-state index contributed by atoms with van der Waals surface area (Å²) < 4.78 is 0. The van der Waals surface area contributed by atoms with E-state index < -0.39 is 0 Å². The molecule has 1 fully saturated rings. The molecule has 1 saturated heterocycles. The van der Waals surface area contributed by atoms with Crippen molar-refractivity contribution in [3.8, 4) is 0 Å². The summed E-state index contributed by atoms with van der Waals surface area (Å²) in [5.41, 5.74) is 2.79. The standard InChI is InChI=1S/C18H30N2O/c1-4-19-18(17-8-6-5-7-14(17)2)10-12-20-11-9-16(13-20)15(3)21/h5-8,15-16,18-19,21H,4,9-13H2,1-3H3. The zero-order valence-electron chi connectivity index (χ0n) is 13.7. The fraction of sp³-hybridized carbons (Fsp3) is 0.667. The van der Waals surface area contributed by atoms with Crippen LogP contribution >= 0.6 is 0 Å². The largest absolute Gasteiger partial charge is 0.393 e. The molecule has 1 aromatic rings. The molecule has 0 aromatic heterocycles. The van der Waals surface area contributed by atoms with Gasteiger partial charge in [-0.2, -0.15) is 0 Å².